The van der Waals surface area contributed by atoms with Gasteiger partial charge in [0.25, 0.3) is 0 Å². The molecule has 0 bridgehead atoms. The van der Waals surface area contributed by atoms with Gasteiger partial charge in [0, 0.05) is 6.54 Å². The molecule has 1 aliphatic rings. The maximum Gasteiger partial charge on any atom is 0.321 e. The van der Waals surface area contributed by atoms with E-state index in [1.165, 1.54) is 0 Å². The Labute approximate surface area is 113 Å². The number of carboxylic acids is 1. The normalized spacial score (nSPS) is 23.2. The predicted molar refractivity (Wildman–Crippen MR) is 71.5 cm³/mol. The highest BCUT2D eigenvalue weighted by molar-refractivity contribution is 5.74. The van der Waals surface area contributed by atoms with E-state index in [1.807, 2.05) is 30.9 Å². The summed E-state index contributed by atoms with van der Waals surface area (Å²) >= 11 is 0. The lowest BCUT2D eigenvalue weighted by molar-refractivity contribution is -0.143. The largest absolute Gasteiger partial charge is 0.480 e. The summed E-state index contributed by atoms with van der Waals surface area (Å²) in [6, 6.07) is 7.29. The maximum absolute atomic E-state index is 11.3. The highest BCUT2D eigenvalue weighted by Crippen LogP contribution is 2.26. The van der Waals surface area contributed by atoms with Crippen LogP contribution in [0.2, 0.25) is 0 Å². The summed E-state index contributed by atoms with van der Waals surface area (Å²) in [5, 5.41) is 18.1. The number of rotatable bonds is 3. The summed E-state index contributed by atoms with van der Waals surface area (Å²) in [5.41, 5.74) is 2.79. The van der Waals surface area contributed by atoms with E-state index in [1.54, 1.807) is 6.07 Å². The SMILES string of the molecule is Cc1cc(C#N)ccc1CN1CCC(C)C1C(=O)O. The topological polar surface area (TPSA) is 64.3 Å². The van der Waals surface area contributed by atoms with Crippen LogP contribution in [0.3, 0.4) is 0 Å². The van der Waals surface area contributed by atoms with E-state index in [4.69, 9.17) is 5.26 Å². The lowest BCUT2D eigenvalue weighted by Crippen LogP contribution is -2.38. The molecule has 0 radical (unpaired) electrons. The van der Waals surface area contributed by atoms with Gasteiger partial charge >= 0.3 is 5.97 Å². The van der Waals surface area contributed by atoms with Crippen molar-refractivity contribution < 1.29 is 9.90 Å². The summed E-state index contributed by atoms with van der Waals surface area (Å²) in [4.78, 5) is 13.3. The zero-order valence-corrected chi connectivity index (χ0v) is 11.3. The van der Waals surface area contributed by atoms with Crippen LogP contribution in [0.5, 0.6) is 0 Å². The summed E-state index contributed by atoms with van der Waals surface area (Å²) in [6.07, 6.45) is 0.923. The van der Waals surface area contributed by atoms with Crippen LogP contribution in [0.25, 0.3) is 0 Å². The molecular formula is C15H18N2O2. The van der Waals surface area contributed by atoms with Crippen molar-refractivity contribution in [3.8, 4) is 6.07 Å². The van der Waals surface area contributed by atoms with E-state index in [0.717, 1.165) is 24.1 Å². The summed E-state index contributed by atoms with van der Waals surface area (Å²) in [5.74, 6) is -0.549. The van der Waals surface area contributed by atoms with Gasteiger partial charge in [-0.25, -0.2) is 0 Å². The second kappa shape index (κ2) is 5.41. The van der Waals surface area contributed by atoms with Crippen LogP contribution in [0.15, 0.2) is 18.2 Å². The van der Waals surface area contributed by atoms with Gasteiger partial charge in [-0.2, -0.15) is 5.26 Å². The molecule has 0 amide bonds. The van der Waals surface area contributed by atoms with Crippen LogP contribution >= 0.6 is 0 Å². The number of likely N-dealkylation sites (tertiary alicyclic amines) is 1. The van der Waals surface area contributed by atoms with Crippen molar-refractivity contribution in [2.45, 2.75) is 32.9 Å². The van der Waals surface area contributed by atoms with Gasteiger partial charge in [-0.3, -0.25) is 9.69 Å². The molecule has 0 spiro atoms. The lowest BCUT2D eigenvalue weighted by atomic mass is 10.0. The molecule has 0 aromatic heterocycles. The van der Waals surface area contributed by atoms with E-state index < -0.39 is 12.0 Å². The minimum atomic E-state index is -0.740. The van der Waals surface area contributed by atoms with Crippen molar-refractivity contribution in [1.82, 2.24) is 4.90 Å². The standard InChI is InChI=1S/C15H18N2O2/c1-10-5-6-17(14(10)15(18)19)9-13-4-3-12(8-16)7-11(13)2/h3-4,7,10,14H,5-6,9H2,1-2H3,(H,18,19). The third kappa shape index (κ3) is 2.77. The number of hydrogen-bond donors (Lipinski definition) is 1. The van der Waals surface area contributed by atoms with Gasteiger partial charge in [-0.05, 0) is 49.1 Å². The molecule has 2 rings (SSSR count). The Morgan fingerprint density at radius 1 is 1.58 bits per heavy atom. The van der Waals surface area contributed by atoms with E-state index >= 15 is 0 Å². The second-order valence-electron chi connectivity index (χ2n) is 5.27. The summed E-state index contributed by atoms with van der Waals surface area (Å²) in [6.45, 7) is 5.41. The number of aliphatic carboxylic acids is 1. The number of aryl methyl sites for hydroxylation is 1. The molecule has 1 aromatic carbocycles. The van der Waals surface area contributed by atoms with Crippen molar-refractivity contribution in [3.05, 3.63) is 34.9 Å². The van der Waals surface area contributed by atoms with Gasteiger partial charge < -0.3 is 5.11 Å². The molecule has 0 aliphatic carbocycles. The van der Waals surface area contributed by atoms with Crippen LogP contribution in [0.1, 0.15) is 30.0 Å². The number of nitrogens with zero attached hydrogens (tertiary/aromatic N) is 2. The molecule has 1 aromatic rings. The maximum atomic E-state index is 11.3. The van der Waals surface area contributed by atoms with Crippen LogP contribution in [-0.4, -0.2) is 28.6 Å². The predicted octanol–water partition coefficient (Wildman–Crippen LogP) is 2.16. The Morgan fingerprint density at radius 2 is 2.32 bits per heavy atom. The molecular weight excluding hydrogens is 240 g/mol. The highest BCUT2D eigenvalue weighted by Gasteiger charge is 2.36. The summed E-state index contributed by atoms with van der Waals surface area (Å²) in [7, 11) is 0. The number of hydrogen-bond acceptors (Lipinski definition) is 3. The number of carboxylic acid groups (broad SMARTS) is 1. The Balaban J connectivity index is 2.17. The molecule has 2 unspecified atom stereocenters. The van der Waals surface area contributed by atoms with Gasteiger partial charge in [-0.1, -0.05) is 13.0 Å². The number of benzene rings is 1. The van der Waals surface area contributed by atoms with E-state index in [9.17, 15) is 9.90 Å². The average Bonchev–Trinajstić information content (AvgIpc) is 2.73. The van der Waals surface area contributed by atoms with Crippen molar-refractivity contribution >= 4 is 5.97 Å². The Bertz CT molecular complexity index is 533. The van der Waals surface area contributed by atoms with Gasteiger partial charge in [0.15, 0.2) is 0 Å². The molecule has 4 heteroatoms. The van der Waals surface area contributed by atoms with Crippen LogP contribution < -0.4 is 0 Å². The molecule has 1 heterocycles. The molecule has 2 atom stereocenters. The van der Waals surface area contributed by atoms with Gasteiger partial charge in [0.1, 0.15) is 6.04 Å². The molecule has 19 heavy (non-hydrogen) atoms. The third-order valence-corrected chi connectivity index (χ3v) is 3.90. The van der Waals surface area contributed by atoms with Crippen LogP contribution in [0, 0.1) is 24.2 Å². The highest BCUT2D eigenvalue weighted by atomic mass is 16.4. The number of nitriles is 1. The summed E-state index contributed by atoms with van der Waals surface area (Å²) < 4.78 is 0. The first kappa shape index (κ1) is 13.6. The Hall–Kier alpha value is -1.86. The molecule has 0 saturated carbocycles. The fourth-order valence-corrected chi connectivity index (χ4v) is 2.76. The van der Waals surface area contributed by atoms with Crippen molar-refractivity contribution in [1.29, 1.82) is 5.26 Å². The van der Waals surface area contributed by atoms with Crippen molar-refractivity contribution in [3.63, 3.8) is 0 Å². The molecule has 1 N–H and O–H groups in total. The smallest absolute Gasteiger partial charge is 0.321 e. The average molecular weight is 258 g/mol. The minimum absolute atomic E-state index is 0.191. The molecule has 1 saturated heterocycles. The van der Waals surface area contributed by atoms with Crippen LogP contribution in [-0.2, 0) is 11.3 Å². The van der Waals surface area contributed by atoms with E-state index in [0.29, 0.717) is 12.1 Å². The molecule has 100 valence electrons. The van der Waals surface area contributed by atoms with Gasteiger partial charge in [-0.15, -0.1) is 0 Å². The monoisotopic (exact) mass is 258 g/mol. The van der Waals surface area contributed by atoms with Crippen molar-refractivity contribution in [2.24, 2.45) is 5.92 Å². The second-order valence-corrected chi connectivity index (χ2v) is 5.27. The van der Waals surface area contributed by atoms with Gasteiger partial charge in [0.2, 0.25) is 0 Å². The zero-order chi connectivity index (χ0) is 14.0. The Kier molecular flexibility index (Phi) is 3.87. The van der Waals surface area contributed by atoms with E-state index in [2.05, 4.69) is 6.07 Å². The first-order valence-electron chi connectivity index (χ1n) is 6.49. The zero-order valence-electron chi connectivity index (χ0n) is 11.3. The van der Waals surface area contributed by atoms with Crippen LogP contribution in [0.4, 0.5) is 0 Å². The molecule has 1 fully saturated rings. The fraction of sp³-hybridized carbons (Fsp3) is 0.467. The van der Waals surface area contributed by atoms with E-state index in [-0.39, 0.29) is 5.92 Å². The molecule has 1 aliphatic heterocycles. The quantitative estimate of drug-likeness (QED) is 0.902. The number of carbonyl (C=O) groups is 1. The minimum Gasteiger partial charge on any atom is -0.480 e. The fourth-order valence-electron chi connectivity index (χ4n) is 2.76. The molecule has 4 nitrogen and oxygen atoms in total. The first-order valence-corrected chi connectivity index (χ1v) is 6.49. The lowest BCUT2D eigenvalue weighted by Gasteiger charge is -2.23. The van der Waals surface area contributed by atoms with Crippen molar-refractivity contribution in [2.75, 3.05) is 6.54 Å². The Morgan fingerprint density at radius 3 is 2.89 bits per heavy atom. The van der Waals surface area contributed by atoms with Gasteiger partial charge in [0.05, 0.1) is 11.6 Å². The third-order valence-electron chi connectivity index (χ3n) is 3.90. The first-order chi connectivity index (χ1) is 9.02.